The Labute approximate surface area is 220 Å². The Bertz CT molecular complexity index is 1350. The minimum atomic E-state index is -1.14. The first-order valence-electron chi connectivity index (χ1n) is 13.0. The number of hydrogen-bond acceptors (Lipinski definition) is 5. The Morgan fingerprint density at radius 1 is 0.816 bits per heavy atom. The van der Waals surface area contributed by atoms with E-state index in [4.69, 9.17) is 4.74 Å². The average Bonchev–Trinajstić information content (AvgIpc) is 3.21. The number of amides is 3. The molecule has 0 spiro atoms. The van der Waals surface area contributed by atoms with E-state index in [0.29, 0.717) is 5.69 Å². The van der Waals surface area contributed by atoms with Crippen LogP contribution in [-0.4, -0.2) is 41.2 Å². The summed E-state index contributed by atoms with van der Waals surface area (Å²) in [5.74, 6) is -3.62. The lowest BCUT2D eigenvalue weighted by molar-refractivity contribution is -0.159. The van der Waals surface area contributed by atoms with E-state index in [9.17, 15) is 19.2 Å². The topological polar surface area (TPSA) is 92.8 Å². The monoisotopic (exact) mass is 508 g/mol. The van der Waals surface area contributed by atoms with E-state index < -0.39 is 36.4 Å². The summed E-state index contributed by atoms with van der Waals surface area (Å²) in [6, 6.07) is 22.2. The number of nitrogens with zero attached hydrogens (tertiary/aromatic N) is 1. The van der Waals surface area contributed by atoms with Crippen molar-refractivity contribution in [3.8, 4) is 0 Å². The normalized spacial score (nSPS) is 23.4. The zero-order chi connectivity index (χ0) is 26.6. The highest BCUT2D eigenvalue weighted by atomic mass is 16.5. The van der Waals surface area contributed by atoms with Gasteiger partial charge in [-0.3, -0.25) is 19.3 Å². The molecule has 3 aromatic carbocycles. The highest BCUT2D eigenvalue weighted by molar-refractivity contribution is 6.10. The summed E-state index contributed by atoms with van der Waals surface area (Å²) in [5, 5.41) is 2.69. The van der Waals surface area contributed by atoms with Crippen LogP contribution in [-0.2, 0) is 30.3 Å². The van der Waals surface area contributed by atoms with Gasteiger partial charge >= 0.3 is 5.97 Å². The molecule has 0 aromatic heterocycles. The van der Waals surface area contributed by atoms with Gasteiger partial charge in [0.2, 0.25) is 11.8 Å². The second kappa shape index (κ2) is 9.24. The van der Waals surface area contributed by atoms with E-state index in [2.05, 4.69) is 5.32 Å². The lowest BCUT2D eigenvalue weighted by Gasteiger charge is -2.45. The van der Waals surface area contributed by atoms with Crippen molar-refractivity contribution in [2.24, 2.45) is 11.8 Å². The Morgan fingerprint density at radius 2 is 1.29 bits per heavy atom. The van der Waals surface area contributed by atoms with E-state index in [1.807, 2.05) is 67.6 Å². The van der Waals surface area contributed by atoms with Crippen molar-refractivity contribution in [3.63, 3.8) is 0 Å². The largest absolute Gasteiger partial charge is 0.454 e. The number of anilines is 1. The molecular weight excluding hydrogens is 480 g/mol. The first-order valence-corrected chi connectivity index (χ1v) is 13.0. The third-order valence-corrected chi connectivity index (χ3v) is 8.20. The Balaban J connectivity index is 1.19. The predicted octanol–water partition coefficient (Wildman–Crippen LogP) is 4.01. The molecule has 7 heteroatoms. The second-order valence-electron chi connectivity index (χ2n) is 10.2. The summed E-state index contributed by atoms with van der Waals surface area (Å²) in [6.45, 7) is 3.02. The molecule has 1 heterocycles. The zero-order valence-electron chi connectivity index (χ0n) is 21.2. The maximum atomic E-state index is 13.8. The predicted molar refractivity (Wildman–Crippen MR) is 140 cm³/mol. The molecule has 7 nitrogen and oxygen atoms in total. The Hall–Kier alpha value is -4.26. The number of esters is 1. The van der Waals surface area contributed by atoms with Gasteiger partial charge in [-0.1, -0.05) is 67.6 Å². The lowest BCUT2D eigenvalue weighted by Crippen LogP contribution is -2.45. The first kappa shape index (κ1) is 24.1. The number of rotatable bonds is 6. The van der Waals surface area contributed by atoms with Crippen LogP contribution in [0.4, 0.5) is 5.69 Å². The third-order valence-electron chi connectivity index (χ3n) is 8.20. The van der Waals surface area contributed by atoms with Crippen LogP contribution in [0.5, 0.6) is 0 Å². The Kier molecular flexibility index (Phi) is 5.86. The van der Waals surface area contributed by atoms with E-state index in [1.165, 1.54) is 6.92 Å². The van der Waals surface area contributed by atoms with Gasteiger partial charge < -0.3 is 10.1 Å². The van der Waals surface area contributed by atoms with Crippen molar-refractivity contribution in [1.29, 1.82) is 0 Å². The van der Waals surface area contributed by atoms with Crippen LogP contribution in [0.15, 0.2) is 72.8 Å². The van der Waals surface area contributed by atoms with E-state index in [-0.39, 0.29) is 23.7 Å². The van der Waals surface area contributed by atoms with Crippen molar-refractivity contribution >= 4 is 29.4 Å². The number of aryl methyl sites for hydroxylation is 1. The molecule has 7 rings (SSSR count). The van der Waals surface area contributed by atoms with E-state index >= 15 is 0 Å². The molecule has 3 aliphatic carbocycles. The minimum absolute atomic E-state index is 0.244. The van der Waals surface area contributed by atoms with Crippen molar-refractivity contribution in [3.05, 3.63) is 101 Å². The summed E-state index contributed by atoms with van der Waals surface area (Å²) >= 11 is 0. The number of ether oxygens (including phenoxy) is 1. The van der Waals surface area contributed by atoms with Gasteiger partial charge in [-0.15, -0.1) is 0 Å². The van der Waals surface area contributed by atoms with Gasteiger partial charge in [0, 0.05) is 17.5 Å². The van der Waals surface area contributed by atoms with Gasteiger partial charge in [-0.2, -0.15) is 0 Å². The molecule has 4 aliphatic rings. The molecule has 3 amide bonds. The van der Waals surface area contributed by atoms with Gasteiger partial charge in [0.1, 0.15) is 6.04 Å². The van der Waals surface area contributed by atoms with E-state index in [1.54, 1.807) is 12.1 Å². The fraction of sp³-hybridized carbons (Fsp3) is 0.290. The smallest absolute Gasteiger partial charge is 0.329 e. The summed E-state index contributed by atoms with van der Waals surface area (Å²) < 4.78 is 5.24. The quantitative estimate of drug-likeness (QED) is 0.401. The minimum Gasteiger partial charge on any atom is -0.454 e. The van der Waals surface area contributed by atoms with Crippen molar-refractivity contribution in [2.45, 2.75) is 38.1 Å². The lowest BCUT2D eigenvalue weighted by atomic mass is 9.55. The molecule has 3 atom stereocenters. The Morgan fingerprint density at radius 3 is 1.74 bits per heavy atom. The standard InChI is InChI=1S/C31H28N2O5/c1-3-18-12-14-19(15-13-18)32-24(34)16-38-31(37)17(2)33-29(35)27-25-20-8-4-5-9-21(20)26(28(27)30(33)36)23-11-7-6-10-22(23)25/h4-15,17,25-28H,3,16H2,1-2H3,(H,32,34)/t17-,25?,26?,27-,28+/m0/s1. The summed E-state index contributed by atoms with van der Waals surface area (Å²) in [4.78, 5) is 53.9. The van der Waals surface area contributed by atoms with Crippen LogP contribution >= 0.6 is 0 Å². The van der Waals surface area contributed by atoms with Crippen LogP contribution in [0.3, 0.4) is 0 Å². The summed E-state index contributed by atoms with van der Waals surface area (Å²) in [5.41, 5.74) is 6.01. The first-order chi connectivity index (χ1) is 18.4. The summed E-state index contributed by atoms with van der Waals surface area (Å²) in [7, 11) is 0. The molecule has 3 aromatic rings. The number of likely N-dealkylation sites (tertiary alicyclic amines) is 1. The third kappa shape index (κ3) is 3.64. The molecule has 0 radical (unpaired) electrons. The van der Waals surface area contributed by atoms with Gasteiger partial charge in [0.05, 0.1) is 11.8 Å². The zero-order valence-corrected chi connectivity index (χ0v) is 21.2. The highest BCUT2D eigenvalue weighted by Gasteiger charge is 2.62. The van der Waals surface area contributed by atoms with Gasteiger partial charge in [0.15, 0.2) is 6.61 Å². The maximum Gasteiger partial charge on any atom is 0.329 e. The fourth-order valence-electron chi connectivity index (χ4n) is 6.47. The van der Waals surface area contributed by atoms with Crippen molar-refractivity contribution in [2.75, 3.05) is 11.9 Å². The van der Waals surface area contributed by atoms with Crippen LogP contribution in [0.2, 0.25) is 0 Å². The number of nitrogens with one attached hydrogen (secondary N) is 1. The number of benzene rings is 3. The van der Waals surface area contributed by atoms with Crippen molar-refractivity contribution < 1.29 is 23.9 Å². The van der Waals surface area contributed by atoms with Crippen LogP contribution in [0, 0.1) is 11.8 Å². The van der Waals surface area contributed by atoms with Gasteiger partial charge in [-0.05, 0) is 53.3 Å². The maximum absolute atomic E-state index is 13.8. The molecule has 0 saturated carbocycles. The number of carbonyl (C=O) groups is 4. The fourth-order valence-corrected chi connectivity index (χ4v) is 6.47. The molecule has 0 unspecified atom stereocenters. The molecule has 38 heavy (non-hydrogen) atoms. The van der Waals surface area contributed by atoms with Crippen molar-refractivity contribution in [1.82, 2.24) is 4.90 Å². The summed E-state index contributed by atoms with van der Waals surface area (Å²) in [6.07, 6.45) is 0.888. The molecule has 2 bridgehead atoms. The molecule has 1 fully saturated rings. The molecule has 1 saturated heterocycles. The molecule has 1 aliphatic heterocycles. The van der Waals surface area contributed by atoms with Crippen LogP contribution in [0.25, 0.3) is 0 Å². The number of imide groups is 1. The highest BCUT2D eigenvalue weighted by Crippen LogP contribution is 2.61. The molecule has 192 valence electrons. The molecular formula is C31H28N2O5. The van der Waals surface area contributed by atoms with Gasteiger partial charge in [-0.25, -0.2) is 4.79 Å². The van der Waals surface area contributed by atoms with Gasteiger partial charge in [0.25, 0.3) is 5.91 Å². The second-order valence-corrected chi connectivity index (χ2v) is 10.2. The van der Waals surface area contributed by atoms with Crippen LogP contribution in [0.1, 0.15) is 53.5 Å². The number of carbonyl (C=O) groups excluding carboxylic acids is 4. The SMILES string of the molecule is CCc1ccc(NC(=O)COC(=O)[C@H](C)N2C(=O)[C@@H]3C4c5ccccc5C(c5ccccc54)[C@@H]3C2=O)cc1. The number of hydrogen-bond donors (Lipinski definition) is 1. The van der Waals surface area contributed by atoms with Crippen LogP contribution < -0.4 is 5.32 Å². The average molecular weight is 509 g/mol. The van der Waals surface area contributed by atoms with E-state index in [0.717, 1.165) is 39.1 Å². The molecule has 1 N–H and O–H groups in total.